The molecular formula is C27H31ClN6O2. The zero-order valence-corrected chi connectivity index (χ0v) is 22.3. The number of rotatable bonds is 3. The molecule has 9 heteroatoms. The van der Waals surface area contributed by atoms with Gasteiger partial charge in [-0.05, 0) is 37.5 Å². The van der Waals surface area contributed by atoms with Gasteiger partial charge < -0.3 is 18.8 Å². The number of halogens is 1. The molecule has 1 amide bonds. The monoisotopic (exact) mass is 506 g/mol. The fraction of sp³-hybridized carbons (Fsp3) is 0.407. The molecule has 4 heterocycles. The third-order valence-corrected chi connectivity index (χ3v) is 7.01. The third kappa shape index (κ3) is 4.34. The standard InChI is InChI=1S/C27H31ClN6O2/c1-26(2,3)19-13-20(17-7-9-18(28)10-8-17)30-21-14-22(36-23(19)21)24(35)34-12-11-33(15-27(34,4)5)25-31-29-16-32(25)6/h7-10,13-14,16H,11-12,15H2,1-6H3. The lowest BCUT2D eigenvalue weighted by molar-refractivity contribution is 0.0482. The second-order valence-corrected chi connectivity index (χ2v) is 11.5. The molecule has 0 N–H and O–H groups in total. The van der Waals surface area contributed by atoms with Gasteiger partial charge >= 0.3 is 0 Å². The van der Waals surface area contributed by atoms with E-state index in [-0.39, 0.29) is 11.3 Å². The molecule has 4 aromatic rings. The van der Waals surface area contributed by atoms with E-state index in [1.807, 2.05) is 46.8 Å². The zero-order chi connectivity index (χ0) is 25.8. The number of hydrogen-bond donors (Lipinski definition) is 0. The Morgan fingerprint density at radius 1 is 1.11 bits per heavy atom. The van der Waals surface area contributed by atoms with E-state index in [9.17, 15) is 4.79 Å². The predicted octanol–water partition coefficient (Wildman–Crippen LogP) is 5.32. The summed E-state index contributed by atoms with van der Waals surface area (Å²) in [5.41, 5.74) is 3.47. The van der Waals surface area contributed by atoms with Crippen molar-refractivity contribution in [3.05, 3.63) is 59.1 Å². The molecule has 1 aliphatic heterocycles. The molecule has 36 heavy (non-hydrogen) atoms. The number of aromatic nitrogens is 4. The Bertz CT molecular complexity index is 1430. The molecule has 0 aliphatic carbocycles. The van der Waals surface area contributed by atoms with Gasteiger partial charge in [-0.25, -0.2) is 4.98 Å². The van der Waals surface area contributed by atoms with Crippen LogP contribution in [0.2, 0.25) is 5.02 Å². The van der Waals surface area contributed by atoms with Crippen molar-refractivity contribution in [2.24, 2.45) is 7.05 Å². The molecule has 188 valence electrons. The number of pyridine rings is 1. The van der Waals surface area contributed by atoms with Gasteiger partial charge in [-0.15, -0.1) is 10.2 Å². The summed E-state index contributed by atoms with van der Waals surface area (Å²) >= 11 is 6.09. The van der Waals surface area contributed by atoms with E-state index in [0.29, 0.717) is 41.5 Å². The van der Waals surface area contributed by atoms with Gasteiger partial charge in [0.05, 0.1) is 11.2 Å². The van der Waals surface area contributed by atoms with Crippen LogP contribution in [0.4, 0.5) is 5.95 Å². The zero-order valence-electron chi connectivity index (χ0n) is 21.5. The van der Waals surface area contributed by atoms with Crippen molar-refractivity contribution in [1.82, 2.24) is 24.6 Å². The number of carbonyl (C=O) groups is 1. The lowest BCUT2D eigenvalue weighted by Gasteiger charge is -2.46. The van der Waals surface area contributed by atoms with E-state index in [1.165, 1.54) is 0 Å². The van der Waals surface area contributed by atoms with Gasteiger partial charge in [0.25, 0.3) is 5.91 Å². The van der Waals surface area contributed by atoms with E-state index in [1.54, 1.807) is 12.4 Å². The van der Waals surface area contributed by atoms with Crippen molar-refractivity contribution in [2.75, 3.05) is 24.5 Å². The largest absolute Gasteiger partial charge is 0.449 e. The molecule has 3 aromatic heterocycles. The number of hydrogen-bond acceptors (Lipinski definition) is 6. The Labute approximate surface area is 215 Å². The summed E-state index contributed by atoms with van der Waals surface area (Å²) in [7, 11) is 1.92. The highest BCUT2D eigenvalue weighted by molar-refractivity contribution is 6.30. The number of fused-ring (bicyclic) bond motifs is 1. The Balaban J connectivity index is 1.50. The maximum Gasteiger partial charge on any atom is 0.290 e. The van der Waals surface area contributed by atoms with Crippen LogP contribution in [0.3, 0.4) is 0 Å². The van der Waals surface area contributed by atoms with Crippen LogP contribution in [0.25, 0.3) is 22.4 Å². The Morgan fingerprint density at radius 3 is 2.44 bits per heavy atom. The number of carbonyl (C=O) groups excluding carboxylic acids is 1. The minimum Gasteiger partial charge on any atom is -0.449 e. The average molecular weight is 507 g/mol. The van der Waals surface area contributed by atoms with Crippen LogP contribution in [0.1, 0.15) is 50.7 Å². The minimum atomic E-state index is -0.436. The quantitative estimate of drug-likeness (QED) is 0.374. The van der Waals surface area contributed by atoms with Gasteiger partial charge in [-0.2, -0.15) is 0 Å². The molecule has 8 nitrogen and oxygen atoms in total. The van der Waals surface area contributed by atoms with Crippen molar-refractivity contribution in [1.29, 1.82) is 0 Å². The summed E-state index contributed by atoms with van der Waals surface area (Å²) in [5.74, 6) is 0.965. The molecule has 0 radical (unpaired) electrons. The van der Waals surface area contributed by atoms with Gasteiger partial charge in [0.2, 0.25) is 5.95 Å². The molecule has 0 bridgehead atoms. The third-order valence-electron chi connectivity index (χ3n) is 6.76. The van der Waals surface area contributed by atoms with Crippen LogP contribution in [-0.4, -0.2) is 55.7 Å². The average Bonchev–Trinajstić information content (AvgIpc) is 3.43. The molecule has 1 fully saturated rings. The first-order valence-corrected chi connectivity index (χ1v) is 12.4. The molecule has 1 aliphatic rings. The van der Waals surface area contributed by atoms with Crippen molar-refractivity contribution in [2.45, 2.75) is 45.6 Å². The molecule has 0 atom stereocenters. The first-order chi connectivity index (χ1) is 16.9. The molecule has 1 aromatic carbocycles. The Hall–Kier alpha value is -3.39. The fourth-order valence-electron chi connectivity index (χ4n) is 4.85. The molecule has 5 rings (SSSR count). The van der Waals surface area contributed by atoms with Gasteiger partial charge in [0, 0.05) is 48.9 Å². The summed E-state index contributed by atoms with van der Waals surface area (Å²) in [6.45, 7) is 12.4. The van der Waals surface area contributed by atoms with Crippen LogP contribution in [-0.2, 0) is 12.5 Å². The topological polar surface area (TPSA) is 80.3 Å². The second-order valence-electron chi connectivity index (χ2n) is 11.1. The highest BCUT2D eigenvalue weighted by Crippen LogP contribution is 2.36. The van der Waals surface area contributed by atoms with Crippen LogP contribution in [0.15, 0.2) is 47.1 Å². The predicted molar refractivity (Wildman–Crippen MR) is 141 cm³/mol. The number of nitrogens with zero attached hydrogens (tertiary/aromatic N) is 6. The fourth-order valence-corrected chi connectivity index (χ4v) is 4.98. The Kier molecular flexibility index (Phi) is 5.82. The number of piperazine rings is 1. The van der Waals surface area contributed by atoms with Crippen LogP contribution in [0, 0.1) is 0 Å². The van der Waals surface area contributed by atoms with Crippen molar-refractivity contribution < 1.29 is 9.21 Å². The lowest BCUT2D eigenvalue weighted by Crippen LogP contribution is -2.61. The molecule has 0 unspecified atom stereocenters. The molecule has 0 spiro atoms. The van der Waals surface area contributed by atoms with Crippen LogP contribution >= 0.6 is 11.6 Å². The molecular weight excluding hydrogens is 476 g/mol. The number of amides is 1. The smallest absolute Gasteiger partial charge is 0.290 e. The summed E-state index contributed by atoms with van der Waals surface area (Å²) < 4.78 is 8.14. The van der Waals surface area contributed by atoms with Gasteiger partial charge in [-0.1, -0.05) is 44.5 Å². The number of furan rings is 1. The summed E-state index contributed by atoms with van der Waals surface area (Å²) in [5, 5.41) is 8.90. The first kappa shape index (κ1) is 24.3. The maximum absolute atomic E-state index is 13.7. The van der Waals surface area contributed by atoms with E-state index >= 15 is 0 Å². The minimum absolute atomic E-state index is 0.136. The molecule has 1 saturated heterocycles. The van der Waals surface area contributed by atoms with Crippen LogP contribution < -0.4 is 4.90 Å². The second kappa shape index (κ2) is 8.62. The van der Waals surface area contributed by atoms with Crippen molar-refractivity contribution in [3.8, 4) is 11.3 Å². The van der Waals surface area contributed by atoms with Gasteiger partial charge in [0.15, 0.2) is 11.3 Å². The van der Waals surface area contributed by atoms with Gasteiger partial charge in [0.1, 0.15) is 11.8 Å². The van der Waals surface area contributed by atoms with Crippen molar-refractivity contribution >= 4 is 34.6 Å². The highest BCUT2D eigenvalue weighted by atomic mass is 35.5. The Morgan fingerprint density at radius 2 is 1.83 bits per heavy atom. The lowest BCUT2D eigenvalue weighted by atomic mass is 9.86. The van der Waals surface area contributed by atoms with E-state index in [0.717, 1.165) is 22.8 Å². The summed E-state index contributed by atoms with van der Waals surface area (Å²) in [6, 6.07) is 11.4. The van der Waals surface area contributed by atoms with Crippen LogP contribution in [0.5, 0.6) is 0 Å². The number of anilines is 1. The molecule has 0 saturated carbocycles. The SMILES string of the molecule is Cn1cnnc1N1CCN(C(=O)c2cc3nc(-c4ccc(Cl)cc4)cc(C(C)(C)C)c3o2)C(C)(C)C1. The van der Waals surface area contributed by atoms with E-state index in [4.69, 9.17) is 21.0 Å². The van der Waals surface area contributed by atoms with Gasteiger partial charge in [-0.3, -0.25) is 4.79 Å². The maximum atomic E-state index is 13.7. The summed E-state index contributed by atoms with van der Waals surface area (Å²) in [4.78, 5) is 22.6. The number of aryl methyl sites for hydroxylation is 1. The highest BCUT2D eigenvalue weighted by Gasteiger charge is 2.39. The summed E-state index contributed by atoms with van der Waals surface area (Å²) in [6.07, 6.45) is 1.69. The number of benzene rings is 1. The van der Waals surface area contributed by atoms with E-state index in [2.05, 4.69) is 49.7 Å². The first-order valence-electron chi connectivity index (χ1n) is 12.1. The van der Waals surface area contributed by atoms with E-state index < -0.39 is 5.54 Å². The normalized spacial score (nSPS) is 16.1. The van der Waals surface area contributed by atoms with Crippen molar-refractivity contribution in [3.63, 3.8) is 0 Å².